The molecule has 2 aromatic carbocycles. The Kier molecular flexibility index (Phi) is 7.70. The number of methoxy groups -OCH3 is 1. The van der Waals surface area contributed by atoms with Crippen LogP contribution in [0.25, 0.3) is 21.3 Å². The number of aromatic nitrogens is 2. The molecule has 0 spiro atoms. The number of nitrogens with zero attached hydrogens (tertiary/aromatic N) is 4. The zero-order valence-electron chi connectivity index (χ0n) is 19.7. The summed E-state index contributed by atoms with van der Waals surface area (Å²) in [5.41, 5.74) is 4.35. The summed E-state index contributed by atoms with van der Waals surface area (Å²) in [6.07, 6.45) is 1.69. The number of amides is 1. The van der Waals surface area contributed by atoms with Crippen molar-refractivity contribution in [3.63, 3.8) is 0 Å². The van der Waals surface area contributed by atoms with Gasteiger partial charge in [-0.2, -0.15) is 5.26 Å². The van der Waals surface area contributed by atoms with E-state index in [4.69, 9.17) is 10.00 Å². The van der Waals surface area contributed by atoms with Gasteiger partial charge in [0.05, 0.1) is 30.0 Å². The molecular formula is C27H26N4O3S. The summed E-state index contributed by atoms with van der Waals surface area (Å²) in [6, 6.07) is 17.3. The fourth-order valence-electron chi connectivity index (χ4n) is 3.85. The molecule has 7 nitrogen and oxygen atoms in total. The van der Waals surface area contributed by atoms with Crippen molar-refractivity contribution in [2.24, 2.45) is 0 Å². The zero-order valence-corrected chi connectivity index (χ0v) is 20.5. The van der Waals surface area contributed by atoms with Gasteiger partial charge in [0.1, 0.15) is 4.83 Å². The van der Waals surface area contributed by atoms with Crippen molar-refractivity contribution in [3.8, 4) is 17.2 Å². The van der Waals surface area contributed by atoms with E-state index in [2.05, 4.69) is 11.1 Å². The first-order chi connectivity index (χ1) is 17.0. The molecular weight excluding hydrogens is 460 g/mol. The molecule has 0 aliphatic carbocycles. The van der Waals surface area contributed by atoms with E-state index in [1.807, 2.05) is 48.7 Å². The minimum Gasteiger partial charge on any atom is -0.383 e. The first kappa shape index (κ1) is 24.3. The first-order valence-electron chi connectivity index (χ1n) is 11.3. The van der Waals surface area contributed by atoms with Crippen LogP contribution >= 0.6 is 11.3 Å². The van der Waals surface area contributed by atoms with E-state index in [1.54, 1.807) is 24.1 Å². The molecule has 0 aliphatic heterocycles. The van der Waals surface area contributed by atoms with Crippen molar-refractivity contribution in [3.05, 3.63) is 87.3 Å². The average molecular weight is 487 g/mol. The number of thiophene rings is 1. The van der Waals surface area contributed by atoms with Gasteiger partial charge in [0.25, 0.3) is 5.56 Å². The van der Waals surface area contributed by atoms with Gasteiger partial charge in [0, 0.05) is 44.1 Å². The third-order valence-corrected chi connectivity index (χ3v) is 6.75. The van der Waals surface area contributed by atoms with E-state index in [0.717, 1.165) is 22.3 Å². The highest BCUT2D eigenvalue weighted by molar-refractivity contribution is 7.17. The molecule has 35 heavy (non-hydrogen) atoms. The number of carbonyl (C=O) groups is 1. The summed E-state index contributed by atoms with van der Waals surface area (Å²) < 4.78 is 6.69. The highest BCUT2D eigenvalue weighted by Crippen LogP contribution is 2.30. The number of carbonyl (C=O) groups excluding carboxylic acids is 1. The maximum Gasteiger partial charge on any atom is 0.262 e. The van der Waals surface area contributed by atoms with E-state index < -0.39 is 0 Å². The van der Waals surface area contributed by atoms with Gasteiger partial charge in [-0.25, -0.2) is 4.98 Å². The minimum atomic E-state index is -0.143. The Morgan fingerprint density at radius 2 is 1.91 bits per heavy atom. The number of hydrogen-bond acceptors (Lipinski definition) is 6. The monoisotopic (exact) mass is 486 g/mol. The van der Waals surface area contributed by atoms with E-state index in [0.29, 0.717) is 35.5 Å². The molecule has 0 bridgehead atoms. The van der Waals surface area contributed by atoms with Crippen LogP contribution < -0.4 is 5.56 Å². The number of aryl methyl sites for hydroxylation is 2. The molecule has 1 amide bonds. The fraction of sp³-hybridized carbons (Fsp3) is 0.259. The van der Waals surface area contributed by atoms with Gasteiger partial charge in [-0.15, -0.1) is 11.3 Å². The molecule has 0 unspecified atom stereocenters. The second-order valence-electron chi connectivity index (χ2n) is 8.31. The summed E-state index contributed by atoms with van der Waals surface area (Å²) in [7, 11) is 1.59. The number of fused-ring (bicyclic) bond motifs is 1. The molecule has 2 heterocycles. The minimum absolute atomic E-state index is 0.0810. The lowest BCUT2D eigenvalue weighted by molar-refractivity contribution is -0.132. The maximum atomic E-state index is 13.3. The summed E-state index contributed by atoms with van der Waals surface area (Å²) in [4.78, 5) is 33.3. The predicted octanol–water partition coefficient (Wildman–Crippen LogP) is 4.37. The molecule has 0 saturated heterocycles. The predicted molar refractivity (Wildman–Crippen MR) is 137 cm³/mol. The van der Waals surface area contributed by atoms with Gasteiger partial charge < -0.3 is 9.64 Å². The lowest BCUT2D eigenvalue weighted by atomic mass is 10.1. The molecule has 0 aliphatic rings. The van der Waals surface area contributed by atoms with Gasteiger partial charge in [-0.05, 0) is 30.2 Å². The van der Waals surface area contributed by atoms with Crippen molar-refractivity contribution in [1.82, 2.24) is 14.5 Å². The standard InChI is InChI=1S/C27H26N4O3S/c1-19-3-9-22(10-4-19)23-17-35-26-25(23)27(33)31(18-29-26)12-11-24(32)30(13-14-34-2)16-21-7-5-20(15-28)6-8-21/h3-10,17-18H,11-14,16H2,1-2H3. The molecule has 4 rings (SSSR count). The Morgan fingerprint density at radius 1 is 1.17 bits per heavy atom. The third kappa shape index (κ3) is 5.65. The van der Waals surface area contributed by atoms with E-state index in [-0.39, 0.29) is 24.4 Å². The van der Waals surface area contributed by atoms with E-state index in [9.17, 15) is 9.59 Å². The van der Waals surface area contributed by atoms with Crippen molar-refractivity contribution >= 4 is 27.5 Å². The van der Waals surface area contributed by atoms with Crippen molar-refractivity contribution < 1.29 is 9.53 Å². The number of rotatable bonds is 9. The third-order valence-electron chi connectivity index (χ3n) is 5.86. The Hall–Kier alpha value is -3.80. The van der Waals surface area contributed by atoms with Crippen LogP contribution in [0.15, 0.2) is 65.0 Å². The van der Waals surface area contributed by atoms with Crippen molar-refractivity contribution in [2.75, 3.05) is 20.3 Å². The number of benzene rings is 2. The molecule has 178 valence electrons. The van der Waals surface area contributed by atoms with Crippen LogP contribution in [0, 0.1) is 18.3 Å². The Balaban J connectivity index is 1.52. The molecule has 8 heteroatoms. The van der Waals surface area contributed by atoms with Crippen LogP contribution in [0.3, 0.4) is 0 Å². The topological polar surface area (TPSA) is 88.2 Å². The average Bonchev–Trinajstić information content (AvgIpc) is 3.32. The van der Waals surface area contributed by atoms with Gasteiger partial charge in [-0.3, -0.25) is 14.2 Å². The number of hydrogen-bond donors (Lipinski definition) is 0. The number of nitriles is 1. The highest BCUT2D eigenvalue weighted by atomic mass is 32.1. The smallest absolute Gasteiger partial charge is 0.262 e. The molecule has 0 N–H and O–H groups in total. The Morgan fingerprint density at radius 3 is 2.60 bits per heavy atom. The van der Waals surface area contributed by atoms with E-state index >= 15 is 0 Å². The highest BCUT2D eigenvalue weighted by Gasteiger charge is 2.17. The molecule has 0 fully saturated rings. The van der Waals surface area contributed by atoms with Crippen LogP contribution in [0.2, 0.25) is 0 Å². The van der Waals surface area contributed by atoms with Crippen molar-refractivity contribution in [1.29, 1.82) is 5.26 Å². The van der Waals surface area contributed by atoms with Crippen LogP contribution in [0.5, 0.6) is 0 Å². The molecule has 4 aromatic rings. The van der Waals surface area contributed by atoms with E-state index in [1.165, 1.54) is 22.2 Å². The van der Waals surface area contributed by atoms with Gasteiger partial charge in [0.2, 0.25) is 5.91 Å². The summed E-state index contributed by atoms with van der Waals surface area (Å²) >= 11 is 1.44. The lowest BCUT2D eigenvalue weighted by Crippen LogP contribution is -2.34. The van der Waals surface area contributed by atoms with Gasteiger partial charge in [-0.1, -0.05) is 42.0 Å². The van der Waals surface area contributed by atoms with Crippen LogP contribution in [0.1, 0.15) is 23.1 Å². The summed E-state index contributed by atoms with van der Waals surface area (Å²) in [6.45, 7) is 3.51. The Bertz CT molecular complexity index is 1420. The SMILES string of the molecule is COCCN(Cc1ccc(C#N)cc1)C(=O)CCn1cnc2scc(-c3ccc(C)cc3)c2c1=O. The molecule has 0 radical (unpaired) electrons. The largest absolute Gasteiger partial charge is 0.383 e. The molecule has 0 saturated carbocycles. The van der Waals surface area contributed by atoms with Crippen LogP contribution in [-0.4, -0.2) is 40.6 Å². The lowest BCUT2D eigenvalue weighted by Gasteiger charge is -2.23. The summed E-state index contributed by atoms with van der Waals surface area (Å²) in [5, 5.41) is 11.5. The second-order valence-corrected chi connectivity index (χ2v) is 9.16. The van der Waals surface area contributed by atoms with Crippen LogP contribution in [0.4, 0.5) is 0 Å². The second kappa shape index (κ2) is 11.1. The normalized spacial score (nSPS) is 10.9. The number of ether oxygens (including phenoxy) is 1. The molecule has 2 aromatic heterocycles. The summed E-state index contributed by atoms with van der Waals surface area (Å²) in [5.74, 6) is -0.0810. The maximum absolute atomic E-state index is 13.3. The zero-order chi connectivity index (χ0) is 24.8. The van der Waals surface area contributed by atoms with Crippen molar-refractivity contribution in [2.45, 2.75) is 26.4 Å². The fourth-order valence-corrected chi connectivity index (χ4v) is 4.75. The van der Waals surface area contributed by atoms with Gasteiger partial charge in [0.15, 0.2) is 0 Å². The van der Waals surface area contributed by atoms with Gasteiger partial charge >= 0.3 is 0 Å². The first-order valence-corrected chi connectivity index (χ1v) is 12.2. The Labute approximate surface area is 207 Å². The molecule has 0 atom stereocenters. The quantitative estimate of drug-likeness (QED) is 0.351. The van der Waals surface area contributed by atoms with Crippen LogP contribution in [-0.2, 0) is 22.6 Å².